The predicted molar refractivity (Wildman–Crippen MR) is 44.9 cm³/mol. The van der Waals surface area contributed by atoms with Gasteiger partial charge in [-0.15, -0.1) is 0 Å². The Labute approximate surface area is 72.2 Å². The number of carbonyl (C=O) groups is 1. The third-order valence-electron chi connectivity index (χ3n) is 3.36. The van der Waals surface area contributed by atoms with Crippen LogP contribution in [0.25, 0.3) is 0 Å². The second-order valence-corrected chi connectivity index (χ2v) is 4.11. The van der Waals surface area contributed by atoms with Crippen molar-refractivity contribution in [3.63, 3.8) is 0 Å². The average molecular weight is 169 g/mol. The summed E-state index contributed by atoms with van der Waals surface area (Å²) in [6.45, 7) is 0.921. The molecule has 3 heteroatoms. The Morgan fingerprint density at radius 2 is 2.42 bits per heavy atom. The van der Waals surface area contributed by atoms with Gasteiger partial charge >= 0.3 is 5.97 Å². The SMILES string of the molecule is O=C(O)C[C@]12CCCC[C@H]1NC2. The molecule has 1 saturated heterocycles. The molecule has 2 rings (SSSR count). The Morgan fingerprint density at radius 3 is 2.92 bits per heavy atom. The van der Waals surface area contributed by atoms with Gasteiger partial charge in [0, 0.05) is 18.0 Å². The second kappa shape index (κ2) is 2.73. The fourth-order valence-corrected chi connectivity index (χ4v) is 2.61. The van der Waals surface area contributed by atoms with Crippen molar-refractivity contribution in [2.45, 2.75) is 38.1 Å². The minimum atomic E-state index is -0.636. The van der Waals surface area contributed by atoms with Crippen molar-refractivity contribution in [2.24, 2.45) is 5.41 Å². The zero-order valence-electron chi connectivity index (χ0n) is 7.18. The number of rotatable bonds is 2. The third-order valence-corrected chi connectivity index (χ3v) is 3.36. The summed E-state index contributed by atoms with van der Waals surface area (Å²) in [4.78, 5) is 10.6. The standard InChI is InChI=1S/C9H15NO2/c11-8(12)5-9-4-2-1-3-7(9)10-6-9/h7,10H,1-6H2,(H,11,12)/t7-,9+/m1/s1. The molecule has 1 aliphatic carbocycles. The Kier molecular flexibility index (Phi) is 1.83. The summed E-state index contributed by atoms with van der Waals surface area (Å²) in [6.07, 6.45) is 5.12. The summed E-state index contributed by atoms with van der Waals surface area (Å²) in [5.41, 5.74) is 0.129. The van der Waals surface area contributed by atoms with Crippen LogP contribution in [0.5, 0.6) is 0 Å². The van der Waals surface area contributed by atoms with Crippen molar-refractivity contribution in [2.75, 3.05) is 6.54 Å². The highest BCUT2D eigenvalue weighted by atomic mass is 16.4. The molecule has 68 valence electrons. The molecule has 1 saturated carbocycles. The van der Waals surface area contributed by atoms with E-state index >= 15 is 0 Å². The van der Waals surface area contributed by atoms with Crippen LogP contribution in [0.2, 0.25) is 0 Å². The number of hydrogen-bond donors (Lipinski definition) is 2. The predicted octanol–water partition coefficient (Wildman–Crippen LogP) is 0.993. The molecule has 0 aromatic rings. The van der Waals surface area contributed by atoms with Crippen LogP contribution in [-0.4, -0.2) is 23.7 Å². The molecule has 0 radical (unpaired) electrons. The van der Waals surface area contributed by atoms with E-state index in [1.54, 1.807) is 0 Å². The van der Waals surface area contributed by atoms with Crippen molar-refractivity contribution >= 4 is 5.97 Å². The van der Waals surface area contributed by atoms with Crippen LogP contribution in [0, 0.1) is 5.41 Å². The molecular formula is C9H15NO2. The molecule has 3 nitrogen and oxygen atoms in total. The van der Waals surface area contributed by atoms with Crippen LogP contribution in [0.3, 0.4) is 0 Å². The van der Waals surface area contributed by atoms with Gasteiger partial charge in [0.15, 0.2) is 0 Å². The van der Waals surface area contributed by atoms with Crippen molar-refractivity contribution in [3.05, 3.63) is 0 Å². The van der Waals surface area contributed by atoms with Crippen LogP contribution in [0.1, 0.15) is 32.1 Å². The summed E-state index contributed by atoms with van der Waals surface area (Å²) in [7, 11) is 0. The zero-order valence-corrected chi connectivity index (χ0v) is 7.18. The summed E-state index contributed by atoms with van der Waals surface area (Å²) >= 11 is 0. The molecule has 0 amide bonds. The van der Waals surface area contributed by atoms with E-state index in [9.17, 15) is 4.79 Å². The topological polar surface area (TPSA) is 49.3 Å². The van der Waals surface area contributed by atoms with E-state index in [1.807, 2.05) is 0 Å². The lowest BCUT2D eigenvalue weighted by Gasteiger charge is -2.53. The van der Waals surface area contributed by atoms with Crippen molar-refractivity contribution < 1.29 is 9.90 Å². The van der Waals surface area contributed by atoms with Crippen molar-refractivity contribution in [1.82, 2.24) is 5.32 Å². The van der Waals surface area contributed by atoms with E-state index in [4.69, 9.17) is 5.11 Å². The Morgan fingerprint density at radius 1 is 1.58 bits per heavy atom. The Bertz CT molecular complexity index is 205. The number of nitrogens with one attached hydrogen (secondary N) is 1. The molecule has 0 bridgehead atoms. The lowest BCUT2D eigenvalue weighted by atomic mass is 9.63. The minimum Gasteiger partial charge on any atom is -0.481 e. The number of hydrogen-bond acceptors (Lipinski definition) is 2. The van der Waals surface area contributed by atoms with Crippen LogP contribution in [-0.2, 0) is 4.79 Å². The molecule has 1 aliphatic heterocycles. The van der Waals surface area contributed by atoms with Crippen LogP contribution in [0.15, 0.2) is 0 Å². The van der Waals surface area contributed by atoms with E-state index in [0.29, 0.717) is 12.5 Å². The first-order chi connectivity index (χ1) is 5.73. The summed E-state index contributed by atoms with van der Waals surface area (Å²) in [5, 5.41) is 12.1. The van der Waals surface area contributed by atoms with Gasteiger partial charge in [-0.25, -0.2) is 0 Å². The van der Waals surface area contributed by atoms with Gasteiger partial charge in [0.1, 0.15) is 0 Å². The lowest BCUT2D eigenvalue weighted by molar-refractivity contribution is -0.143. The minimum absolute atomic E-state index is 0.129. The van der Waals surface area contributed by atoms with Gasteiger partial charge in [0.05, 0.1) is 6.42 Å². The van der Waals surface area contributed by atoms with E-state index in [1.165, 1.54) is 19.3 Å². The van der Waals surface area contributed by atoms with Gasteiger partial charge in [-0.1, -0.05) is 12.8 Å². The van der Waals surface area contributed by atoms with Crippen molar-refractivity contribution in [3.8, 4) is 0 Å². The van der Waals surface area contributed by atoms with Gasteiger partial charge in [-0.2, -0.15) is 0 Å². The van der Waals surface area contributed by atoms with E-state index in [-0.39, 0.29) is 5.41 Å². The molecule has 0 aromatic carbocycles. The quantitative estimate of drug-likeness (QED) is 0.648. The summed E-state index contributed by atoms with van der Waals surface area (Å²) in [5.74, 6) is -0.636. The third kappa shape index (κ3) is 1.12. The molecule has 1 heterocycles. The maximum absolute atomic E-state index is 10.6. The monoisotopic (exact) mass is 169 g/mol. The van der Waals surface area contributed by atoms with Gasteiger partial charge in [0.2, 0.25) is 0 Å². The molecule has 0 unspecified atom stereocenters. The van der Waals surface area contributed by atoms with Gasteiger partial charge in [-0.05, 0) is 12.8 Å². The van der Waals surface area contributed by atoms with Gasteiger partial charge in [0.25, 0.3) is 0 Å². The fraction of sp³-hybridized carbons (Fsp3) is 0.889. The van der Waals surface area contributed by atoms with E-state index in [0.717, 1.165) is 13.0 Å². The molecule has 0 spiro atoms. The van der Waals surface area contributed by atoms with Gasteiger partial charge < -0.3 is 10.4 Å². The number of aliphatic carboxylic acids is 1. The van der Waals surface area contributed by atoms with Crippen molar-refractivity contribution in [1.29, 1.82) is 0 Å². The number of carboxylic acids is 1. The van der Waals surface area contributed by atoms with Crippen LogP contribution < -0.4 is 5.32 Å². The lowest BCUT2D eigenvalue weighted by Crippen LogP contribution is -2.64. The molecule has 2 aliphatic rings. The second-order valence-electron chi connectivity index (χ2n) is 4.11. The van der Waals surface area contributed by atoms with Gasteiger partial charge in [-0.3, -0.25) is 4.79 Å². The molecule has 0 aromatic heterocycles. The van der Waals surface area contributed by atoms with E-state index in [2.05, 4.69) is 5.32 Å². The van der Waals surface area contributed by atoms with Crippen LogP contribution >= 0.6 is 0 Å². The Balaban J connectivity index is 2.02. The molecular weight excluding hydrogens is 154 g/mol. The van der Waals surface area contributed by atoms with Crippen LogP contribution in [0.4, 0.5) is 0 Å². The first kappa shape index (κ1) is 8.05. The summed E-state index contributed by atoms with van der Waals surface area (Å²) < 4.78 is 0. The molecule has 12 heavy (non-hydrogen) atoms. The highest BCUT2D eigenvalue weighted by molar-refractivity contribution is 5.68. The highest BCUT2D eigenvalue weighted by Gasteiger charge is 2.48. The normalized spacial score (nSPS) is 39.8. The first-order valence-corrected chi connectivity index (χ1v) is 4.68. The largest absolute Gasteiger partial charge is 0.481 e. The Hall–Kier alpha value is -0.570. The first-order valence-electron chi connectivity index (χ1n) is 4.68. The molecule has 2 fully saturated rings. The maximum Gasteiger partial charge on any atom is 0.304 e. The summed E-state index contributed by atoms with van der Waals surface area (Å²) in [6, 6.07) is 0.502. The zero-order chi connectivity index (χ0) is 8.60. The highest BCUT2D eigenvalue weighted by Crippen LogP contribution is 2.44. The smallest absolute Gasteiger partial charge is 0.304 e. The molecule has 2 N–H and O–H groups in total. The maximum atomic E-state index is 10.6. The number of fused-ring (bicyclic) bond motifs is 1. The average Bonchev–Trinajstić information content (AvgIpc) is 1.97. The number of carboxylic acid groups (broad SMARTS) is 1. The fourth-order valence-electron chi connectivity index (χ4n) is 2.61. The molecule has 2 atom stereocenters. The van der Waals surface area contributed by atoms with E-state index < -0.39 is 5.97 Å².